The molecule has 1 aromatic carbocycles. The maximum atomic E-state index is 15.3. The van der Waals surface area contributed by atoms with Crippen molar-refractivity contribution in [1.82, 2.24) is 20.2 Å². The molecule has 0 saturated carbocycles. The van der Waals surface area contributed by atoms with Crippen molar-refractivity contribution in [3.8, 4) is 6.01 Å². The van der Waals surface area contributed by atoms with Gasteiger partial charge in [0.25, 0.3) is 0 Å². The second-order valence-corrected chi connectivity index (χ2v) is 12.2. The molecule has 0 radical (unpaired) electrons. The Morgan fingerprint density at radius 1 is 1.27 bits per heavy atom. The second kappa shape index (κ2) is 9.63. The van der Waals surface area contributed by atoms with Crippen LogP contribution in [0.5, 0.6) is 6.01 Å². The Labute approximate surface area is 234 Å². The average molecular weight is 581 g/mol. The topological polar surface area (TPSA) is 88.8 Å². The predicted molar refractivity (Wildman–Crippen MR) is 140 cm³/mol. The third-order valence-corrected chi connectivity index (χ3v) is 9.55. The molecule has 6 heterocycles. The standard InChI is InChI=1S/C28H33F5N6O2/c1-14-5-19(34)24(30)22(23(14)28(31,32)33)21-7-20-18(12-40-21)25(39-11-16-6-17(39)9-35-16)37-26(36-20)41-13-27-3-2-4-38(27)10-15(29)8-27/h5,15-17,21,35H,2-4,6-13,34H2,1H3/t15-,16?,17?,21?,27+/m1/s1. The Morgan fingerprint density at radius 2 is 2.10 bits per heavy atom. The van der Waals surface area contributed by atoms with E-state index in [0.717, 1.165) is 45.0 Å². The molecule has 2 aromatic rings. The third-order valence-electron chi connectivity index (χ3n) is 9.55. The number of nitrogens with one attached hydrogen (secondary N) is 1. The van der Waals surface area contributed by atoms with Gasteiger partial charge in [-0.2, -0.15) is 23.1 Å². The highest BCUT2D eigenvalue weighted by atomic mass is 19.4. The summed E-state index contributed by atoms with van der Waals surface area (Å²) in [6.07, 6.45) is -3.95. The highest BCUT2D eigenvalue weighted by molar-refractivity contribution is 5.56. The van der Waals surface area contributed by atoms with Gasteiger partial charge in [0.15, 0.2) is 5.82 Å². The summed E-state index contributed by atoms with van der Waals surface area (Å²) in [4.78, 5) is 13.7. The van der Waals surface area contributed by atoms with Crippen LogP contribution in [0.25, 0.3) is 0 Å². The van der Waals surface area contributed by atoms with Gasteiger partial charge in [-0.1, -0.05) is 0 Å². The van der Waals surface area contributed by atoms with Gasteiger partial charge < -0.3 is 25.4 Å². The number of piperazine rings is 1. The van der Waals surface area contributed by atoms with Crippen LogP contribution in [0.2, 0.25) is 0 Å². The molecule has 13 heteroatoms. The minimum Gasteiger partial charge on any atom is -0.461 e. The number of hydrogen-bond donors (Lipinski definition) is 2. The monoisotopic (exact) mass is 580 g/mol. The number of aryl methyl sites for hydroxylation is 1. The largest absolute Gasteiger partial charge is 0.461 e. The Bertz CT molecular complexity index is 1370. The summed E-state index contributed by atoms with van der Waals surface area (Å²) in [5.74, 6) is -0.499. The first-order chi connectivity index (χ1) is 19.5. The van der Waals surface area contributed by atoms with E-state index in [1.165, 1.54) is 6.92 Å². The van der Waals surface area contributed by atoms with E-state index >= 15 is 4.39 Å². The Morgan fingerprint density at radius 3 is 2.83 bits per heavy atom. The highest BCUT2D eigenvalue weighted by Gasteiger charge is 2.50. The van der Waals surface area contributed by atoms with Gasteiger partial charge in [-0.3, -0.25) is 4.90 Å². The van der Waals surface area contributed by atoms with Crippen molar-refractivity contribution < 1.29 is 31.4 Å². The molecule has 222 valence electrons. The lowest BCUT2D eigenvalue weighted by Crippen LogP contribution is -2.45. The summed E-state index contributed by atoms with van der Waals surface area (Å²) < 4.78 is 84.1. The van der Waals surface area contributed by atoms with Gasteiger partial charge in [0.1, 0.15) is 18.6 Å². The van der Waals surface area contributed by atoms with E-state index in [2.05, 4.69) is 20.1 Å². The lowest BCUT2D eigenvalue weighted by Gasteiger charge is -2.35. The van der Waals surface area contributed by atoms with E-state index in [9.17, 15) is 17.6 Å². The van der Waals surface area contributed by atoms with Crippen LogP contribution < -0.4 is 20.7 Å². The molecule has 2 bridgehead atoms. The van der Waals surface area contributed by atoms with Gasteiger partial charge in [-0.15, -0.1) is 0 Å². The molecule has 0 spiro atoms. The molecule has 4 saturated heterocycles. The number of ether oxygens (including phenoxy) is 2. The number of nitrogen functional groups attached to an aromatic ring is 1. The molecule has 4 fully saturated rings. The molecule has 3 unspecified atom stereocenters. The number of fused-ring (bicyclic) bond motifs is 4. The lowest BCUT2D eigenvalue weighted by molar-refractivity contribution is -0.140. The maximum absolute atomic E-state index is 15.3. The molecule has 8 nitrogen and oxygen atoms in total. The van der Waals surface area contributed by atoms with Crippen molar-refractivity contribution in [2.45, 2.75) is 81.7 Å². The first kappa shape index (κ1) is 27.1. The summed E-state index contributed by atoms with van der Waals surface area (Å²) in [7, 11) is 0. The lowest BCUT2D eigenvalue weighted by atomic mass is 9.91. The fourth-order valence-electron chi connectivity index (χ4n) is 7.71. The first-order valence-electron chi connectivity index (χ1n) is 14.2. The fourth-order valence-corrected chi connectivity index (χ4v) is 7.71. The van der Waals surface area contributed by atoms with Crippen LogP contribution in [0.15, 0.2) is 6.07 Å². The SMILES string of the molecule is Cc1cc(N)c(F)c(C2Cc3nc(OC[C@@]45CCCN4C[C@H](F)C5)nc(N4CC5CC4CN5)c3CO2)c1C(F)(F)F. The van der Waals surface area contributed by atoms with Crippen molar-refractivity contribution in [3.63, 3.8) is 0 Å². The van der Waals surface area contributed by atoms with E-state index in [1.54, 1.807) is 0 Å². The van der Waals surface area contributed by atoms with Crippen molar-refractivity contribution in [2.24, 2.45) is 0 Å². The minimum absolute atomic E-state index is 0.0806. The number of alkyl halides is 4. The summed E-state index contributed by atoms with van der Waals surface area (Å²) in [5, 5.41) is 3.46. The third kappa shape index (κ3) is 4.51. The van der Waals surface area contributed by atoms with Crippen LogP contribution in [0.4, 0.5) is 33.5 Å². The molecule has 5 aliphatic heterocycles. The molecule has 41 heavy (non-hydrogen) atoms. The zero-order valence-electron chi connectivity index (χ0n) is 22.7. The van der Waals surface area contributed by atoms with Crippen LogP contribution >= 0.6 is 0 Å². The number of benzene rings is 1. The van der Waals surface area contributed by atoms with E-state index in [1.807, 2.05) is 0 Å². The fraction of sp³-hybridized carbons (Fsp3) is 0.643. The van der Waals surface area contributed by atoms with Crippen LogP contribution in [0.3, 0.4) is 0 Å². The van der Waals surface area contributed by atoms with Gasteiger partial charge >= 0.3 is 12.2 Å². The molecular formula is C28H33F5N6O2. The van der Waals surface area contributed by atoms with Gasteiger partial charge in [0.05, 0.1) is 35.2 Å². The van der Waals surface area contributed by atoms with Crippen molar-refractivity contribution in [2.75, 3.05) is 43.4 Å². The van der Waals surface area contributed by atoms with Crippen molar-refractivity contribution in [3.05, 3.63) is 39.8 Å². The van der Waals surface area contributed by atoms with E-state index in [4.69, 9.17) is 20.2 Å². The van der Waals surface area contributed by atoms with E-state index < -0.39 is 40.9 Å². The summed E-state index contributed by atoms with van der Waals surface area (Å²) in [5.41, 5.74) is 4.27. The van der Waals surface area contributed by atoms with Crippen molar-refractivity contribution >= 4 is 11.5 Å². The van der Waals surface area contributed by atoms with Crippen LogP contribution in [-0.2, 0) is 23.9 Å². The predicted octanol–water partition coefficient (Wildman–Crippen LogP) is 3.84. The number of hydrogen-bond acceptors (Lipinski definition) is 8. The molecule has 7 rings (SSSR count). The molecule has 0 aliphatic carbocycles. The Kier molecular flexibility index (Phi) is 6.36. The first-order valence-corrected chi connectivity index (χ1v) is 14.2. The molecule has 3 N–H and O–H groups in total. The number of nitrogens with zero attached hydrogens (tertiary/aromatic N) is 4. The van der Waals surface area contributed by atoms with Crippen molar-refractivity contribution in [1.29, 1.82) is 0 Å². The number of nitrogens with two attached hydrogens (primary N) is 1. The molecular weight excluding hydrogens is 547 g/mol. The van der Waals surface area contributed by atoms with Crippen LogP contribution in [0.1, 0.15) is 59.7 Å². The Balaban J connectivity index is 1.25. The summed E-state index contributed by atoms with van der Waals surface area (Å²) >= 11 is 0. The van der Waals surface area contributed by atoms with E-state index in [-0.39, 0.29) is 42.9 Å². The Hall–Kier alpha value is -2.77. The number of rotatable bonds is 5. The van der Waals surface area contributed by atoms with Gasteiger partial charge in [-0.05, 0) is 44.4 Å². The maximum Gasteiger partial charge on any atom is 0.417 e. The van der Waals surface area contributed by atoms with Gasteiger partial charge in [0.2, 0.25) is 0 Å². The smallest absolute Gasteiger partial charge is 0.417 e. The number of aromatic nitrogens is 2. The zero-order valence-corrected chi connectivity index (χ0v) is 22.7. The highest BCUT2D eigenvalue weighted by Crippen LogP contribution is 2.45. The molecule has 0 amide bonds. The van der Waals surface area contributed by atoms with Crippen LogP contribution in [-0.4, -0.2) is 71.4 Å². The quantitative estimate of drug-likeness (QED) is 0.408. The van der Waals surface area contributed by atoms with Crippen LogP contribution in [0, 0.1) is 12.7 Å². The second-order valence-electron chi connectivity index (χ2n) is 12.2. The molecule has 5 atom stereocenters. The molecule has 1 aromatic heterocycles. The summed E-state index contributed by atoms with van der Waals surface area (Å²) in [6.45, 7) is 4.12. The zero-order chi connectivity index (χ0) is 28.7. The van der Waals surface area contributed by atoms with E-state index in [0.29, 0.717) is 36.1 Å². The number of anilines is 2. The summed E-state index contributed by atoms with van der Waals surface area (Å²) in [6, 6.07) is 1.62. The minimum atomic E-state index is -4.80. The average Bonchev–Trinajstić information content (AvgIpc) is 3.69. The number of halogens is 5. The van der Waals surface area contributed by atoms with Gasteiger partial charge in [0, 0.05) is 55.7 Å². The normalized spacial score (nSPS) is 31.1. The molecule has 5 aliphatic rings. The van der Waals surface area contributed by atoms with Gasteiger partial charge in [-0.25, -0.2) is 8.78 Å².